The third-order valence-corrected chi connectivity index (χ3v) is 3.24. The normalized spacial score (nSPS) is 11.1. The number of aryl methyl sites for hydroxylation is 1. The van der Waals surface area contributed by atoms with Gasteiger partial charge in [0.1, 0.15) is 5.75 Å². The van der Waals surface area contributed by atoms with Crippen molar-refractivity contribution in [3.63, 3.8) is 0 Å². The lowest BCUT2D eigenvalue weighted by molar-refractivity contribution is 0.411. The lowest BCUT2D eigenvalue weighted by atomic mass is 9.93. The fourth-order valence-corrected chi connectivity index (χ4v) is 2.45. The first-order chi connectivity index (χ1) is 8.74. The van der Waals surface area contributed by atoms with Gasteiger partial charge in [0, 0.05) is 5.56 Å². The van der Waals surface area contributed by atoms with E-state index in [0.29, 0.717) is 0 Å². The molecule has 2 aromatic carbocycles. The van der Waals surface area contributed by atoms with Gasteiger partial charge in [-0.1, -0.05) is 49.1 Å². The molecule has 0 heterocycles. The highest BCUT2D eigenvalue weighted by molar-refractivity contribution is 5.98. The zero-order valence-electron chi connectivity index (χ0n) is 11.2. The summed E-state index contributed by atoms with van der Waals surface area (Å²) in [5.74, 6) is 0.914. The molecule has 0 spiro atoms. The fourth-order valence-electron chi connectivity index (χ4n) is 2.45. The number of hydrogen-bond donors (Lipinski definition) is 0. The van der Waals surface area contributed by atoms with Crippen LogP contribution in [0.15, 0.2) is 36.9 Å². The Morgan fingerprint density at radius 1 is 1.11 bits per heavy atom. The summed E-state index contributed by atoms with van der Waals surface area (Å²) >= 11 is 0. The predicted molar refractivity (Wildman–Crippen MR) is 80.0 cm³/mol. The van der Waals surface area contributed by atoms with Crippen LogP contribution in [0.4, 0.5) is 0 Å². The van der Waals surface area contributed by atoms with E-state index in [9.17, 15) is 0 Å². The van der Waals surface area contributed by atoms with Crippen molar-refractivity contribution in [2.45, 2.75) is 13.8 Å². The van der Waals surface area contributed by atoms with E-state index in [1.165, 1.54) is 16.3 Å². The maximum atomic E-state index is 5.56. The number of hydrogen-bond acceptors (Lipinski definition) is 1. The number of methoxy groups -OCH3 is 1. The molecule has 0 aliphatic carbocycles. The smallest absolute Gasteiger partial charge is 0.130 e. The molecule has 2 rings (SSSR count). The molecule has 0 radical (unpaired) electrons. The van der Waals surface area contributed by atoms with Crippen LogP contribution >= 0.6 is 0 Å². The Kier molecular flexibility index (Phi) is 3.52. The third kappa shape index (κ3) is 1.82. The van der Waals surface area contributed by atoms with E-state index in [-0.39, 0.29) is 0 Å². The van der Waals surface area contributed by atoms with E-state index in [4.69, 9.17) is 4.74 Å². The highest BCUT2D eigenvalue weighted by atomic mass is 16.5. The molecule has 0 unspecified atom stereocenters. The van der Waals surface area contributed by atoms with Gasteiger partial charge in [-0.15, -0.1) is 0 Å². The Labute approximate surface area is 108 Å². The van der Waals surface area contributed by atoms with E-state index in [0.717, 1.165) is 16.9 Å². The third-order valence-electron chi connectivity index (χ3n) is 3.24. The van der Waals surface area contributed by atoms with Gasteiger partial charge in [0.05, 0.1) is 7.11 Å². The standard InChI is InChI=1S/C17H18O/c1-5-9-15-13(6-2)17(18-4)12(3)14-10-7-8-11-16(14)15/h5-11H,2H2,1,3-4H3/b9-5-. The van der Waals surface area contributed by atoms with E-state index in [1.54, 1.807) is 7.11 Å². The number of rotatable bonds is 3. The van der Waals surface area contributed by atoms with Crippen LogP contribution in [-0.4, -0.2) is 7.11 Å². The van der Waals surface area contributed by atoms with Crippen LogP contribution in [-0.2, 0) is 0 Å². The molecule has 0 atom stereocenters. The SMILES string of the molecule is C=Cc1c(OC)c(C)c2ccccc2c1/C=C\C. The summed E-state index contributed by atoms with van der Waals surface area (Å²) in [7, 11) is 1.71. The maximum Gasteiger partial charge on any atom is 0.130 e. The van der Waals surface area contributed by atoms with Crippen LogP contribution in [0.25, 0.3) is 22.9 Å². The molecule has 0 bridgehead atoms. The Bertz CT molecular complexity index is 621. The van der Waals surface area contributed by atoms with Crippen LogP contribution in [0.5, 0.6) is 5.75 Å². The van der Waals surface area contributed by atoms with Gasteiger partial charge in [0.15, 0.2) is 0 Å². The summed E-state index contributed by atoms with van der Waals surface area (Å²) in [5, 5.41) is 2.47. The first-order valence-corrected chi connectivity index (χ1v) is 6.09. The van der Waals surface area contributed by atoms with Crippen LogP contribution in [0.2, 0.25) is 0 Å². The first kappa shape index (κ1) is 12.4. The summed E-state index contributed by atoms with van der Waals surface area (Å²) in [4.78, 5) is 0. The van der Waals surface area contributed by atoms with E-state index in [1.807, 2.05) is 19.1 Å². The van der Waals surface area contributed by atoms with Gasteiger partial charge in [0.2, 0.25) is 0 Å². The molecule has 2 aromatic rings. The maximum absolute atomic E-state index is 5.56. The number of benzene rings is 2. The molecule has 0 fully saturated rings. The van der Waals surface area contributed by atoms with E-state index < -0.39 is 0 Å². The molecule has 0 saturated heterocycles. The number of allylic oxidation sites excluding steroid dienone is 1. The molecule has 0 saturated carbocycles. The highest BCUT2D eigenvalue weighted by Gasteiger charge is 2.13. The molecule has 92 valence electrons. The molecule has 0 aromatic heterocycles. The van der Waals surface area contributed by atoms with Gasteiger partial charge < -0.3 is 4.74 Å². The lowest BCUT2D eigenvalue weighted by Gasteiger charge is -2.16. The Morgan fingerprint density at radius 2 is 1.78 bits per heavy atom. The second kappa shape index (κ2) is 5.09. The van der Waals surface area contributed by atoms with Crippen molar-refractivity contribution in [2.75, 3.05) is 7.11 Å². The van der Waals surface area contributed by atoms with Crippen molar-refractivity contribution in [2.24, 2.45) is 0 Å². The summed E-state index contributed by atoms with van der Waals surface area (Å²) < 4.78 is 5.56. The second-order valence-corrected chi connectivity index (χ2v) is 4.24. The summed E-state index contributed by atoms with van der Waals surface area (Å²) in [6.07, 6.45) is 6.03. The van der Waals surface area contributed by atoms with Crippen molar-refractivity contribution >= 4 is 22.9 Å². The fraction of sp³-hybridized carbons (Fsp3) is 0.176. The lowest BCUT2D eigenvalue weighted by Crippen LogP contribution is -1.96. The molecule has 1 heteroatoms. The topological polar surface area (TPSA) is 9.23 Å². The van der Waals surface area contributed by atoms with Crippen LogP contribution in [0.3, 0.4) is 0 Å². The molecule has 0 aliphatic rings. The molecular formula is C17H18O. The molecule has 0 N–H and O–H groups in total. The van der Waals surface area contributed by atoms with Gasteiger partial charge in [0.25, 0.3) is 0 Å². The minimum absolute atomic E-state index is 0.914. The van der Waals surface area contributed by atoms with Crippen molar-refractivity contribution in [3.05, 3.63) is 53.6 Å². The molecule has 1 nitrogen and oxygen atoms in total. The molecular weight excluding hydrogens is 220 g/mol. The van der Waals surface area contributed by atoms with E-state index in [2.05, 4.69) is 43.8 Å². The van der Waals surface area contributed by atoms with Gasteiger partial charge in [-0.05, 0) is 35.7 Å². The minimum atomic E-state index is 0.914. The van der Waals surface area contributed by atoms with Crippen molar-refractivity contribution in [1.29, 1.82) is 0 Å². The zero-order valence-corrected chi connectivity index (χ0v) is 11.2. The van der Waals surface area contributed by atoms with Gasteiger partial charge >= 0.3 is 0 Å². The average Bonchev–Trinajstić information content (AvgIpc) is 2.41. The molecule has 18 heavy (non-hydrogen) atoms. The summed E-state index contributed by atoms with van der Waals surface area (Å²) in [6, 6.07) is 8.40. The predicted octanol–water partition coefficient (Wildman–Crippen LogP) is 4.83. The molecule has 0 aliphatic heterocycles. The van der Waals surface area contributed by atoms with Crippen LogP contribution < -0.4 is 4.74 Å². The van der Waals surface area contributed by atoms with Crippen LogP contribution in [0, 0.1) is 6.92 Å². The van der Waals surface area contributed by atoms with E-state index >= 15 is 0 Å². The van der Waals surface area contributed by atoms with Crippen molar-refractivity contribution in [3.8, 4) is 5.75 Å². The Hall–Kier alpha value is -2.02. The second-order valence-electron chi connectivity index (χ2n) is 4.24. The zero-order chi connectivity index (χ0) is 13.1. The monoisotopic (exact) mass is 238 g/mol. The number of ether oxygens (including phenoxy) is 1. The summed E-state index contributed by atoms with van der Waals surface area (Å²) in [5.41, 5.74) is 3.40. The number of fused-ring (bicyclic) bond motifs is 1. The van der Waals surface area contributed by atoms with Crippen molar-refractivity contribution in [1.82, 2.24) is 0 Å². The van der Waals surface area contributed by atoms with Gasteiger partial charge in [-0.3, -0.25) is 0 Å². The van der Waals surface area contributed by atoms with Crippen molar-refractivity contribution < 1.29 is 4.74 Å². The van der Waals surface area contributed by atoms with Crippen LogP contribution in [0.1, 0.15) is 23.6 Å². The highest BCUT2D eigenvalue weighted by Crippen LogP contribution is 2.36. The quantitative estimate of drug-likeness (QED) is 0.744. The Morgan fingerprint density at radius 3 is 2.33 bits per heavy atom. The molecule has 0 amide bonds. The first-order valence-electron chi connectivity index (χ1n) is 6.09. The van der Waals surface area contributed by atoms with Gasteiger partial charge in [-0.2, -0.15) is 0 Å². The Balaban J connectivity index is 3.00. The average molecular weight is 238 g/mol. The summed E-state index contributed by atoms with van der Waals surface area (Å²) in [6.45, 7) is 8.03. The van der Waals surface area contributed by atoms with Gasteiger partial charge in [-0.25, -0.2) is 0 Å². The largest absolute Gasteiger partial charge is 0.496 e. The minimum Gasteiger partial charge on any atom is -0.496 e.